The van der Waals surface area contributed by atoms with Gasteiger partial charge in [-0.15, -0.1) is 5.10 Å². The second kappa shape index (κ2) is 3.98. The van der Waals surface area contributed by atoms with Crippen molar-refractivity contribution in [2.45, 2.75) is 0 Å². The highest BCUT2D eigenvalue weighted by atomic mass is 79.9. The van der Waals surface area contributed by atoms with Crippen molar-refractivity contribution in [1.82, 2.24) is 5.43 Å². The molecule has 0 aliphatic carbocycles. The molecule has 1 aromatic carbocycles. The van der Waals surface area contributed by atoms with E-state index in [2.05, 4.69) is 26.5 Å². The van der Waals surface area contributed by atoms with E-state index < -0.39 is 5.82 Å². The van der Waals surface area contributed by atoms with Crippen LogP contribution in [-0.4, -0.2) is 18.4 Å². The number of hydrazone groups is 1. The minimum absolute atomic E-state index is 0.101. The molecule has 0 unspecified atom stereocenters. The summed E-state index contributed by atoms with van der Waals surface area (Å²) in [6.45, 7) is -0.101. The molecule has 0 saturated heterocycles. The molecule has 2 rings (SSSR count). The number of amides is 1. The quantitative estimate of drug-likeness (QED) is 0.840. The topological polar surface area (TPSA) is 50.7 Å². The third-order valence-electron chi connectivity index (χ3n) is 1.79. The molecule has 6 heteroatoms. The molecule has 0 bridgehead atoms. The molecule has 4 nitrogen and oxygen atoms in total. The smallest absolute Gasteiger partial charge is 0.278 e. The molecule has 15 heavy (non-hydrogen) atoms. The number of carbonyl (C=O) groups excluding carboxylic acids is 1. The van der Waals surface area contributed by atoms with Crippen LogP contribution in [0.25, 0.3) is 0 Å². The predicted molar refractivity (Wildman–Crippen MR) is 54.7 cm³/mol. The van der Waals surface area contributed by atoms with Gasteiger partial charge in [-0.05, 0) is 34.1 Å². The van der Waals surface area contributed by atoms with Crippen molar-refractivity contribution >= 4 is 27.7 Å². The largest absolute Gasteiger partial charge is 0.466 e. The van der Waals surface area contributed by atoms with Crippen molar-refractivity contribution in [2.24, 2.45) is 5.10 Å². The average Bonchev–Trinajstić information content (AvgIpc) is 2.23. The van der Waals surface area contributed by atoms with Gasteiger partial charge in [0.25, 0.3) is 5.91 Å². The fraction of sp³-hybridized carbons (Fsp3) is 0.111. The maximum atomic E-state index is 13.2. The highest BCUT2D eigenvalue weighted by molar-refractivity contribution is 9.10. The van der Waals surface area contributed by atoms with E-state index in [4.69, 9.17) is 4.74 Å². The number of nitrogens with zero attached hydrogens (tertiary/aromatic N) is 1. The lowest BCUT2D eigenvalue weighted by Crippen LogP contribution is -2.32. The van der Waals surface area contributed by atoms with Crippen molar-refractivity contribution in [2.75, 3.05) is 6.61 Å². The lowest BCUT2D eigenvalue weighted by Gasteiger charge is -2.13. The number of hydrogen-bond acceptors (Lipinski definition) is 3. The Bertz CT molecular complexity index is 448. The van der Waals surface area contributed by atoms with Gasteiger partial charge in [-0.3, -0.25) is 4.79 Å². The molecule has 0 saturated carbocycles. The van der Waals surface area contributed by atoms with E-state index in [1.807, 2.05) is 0 Å². The summed E-state index contributed by atoms with van der Waals surface area (Å²) in [5.41, 5.74) is 2.74. The lowest BCUT2D eigenvalue weighted by molar-refractivity contribution is -0.124. The van der Waals surface area contributed by atoms with Gasteiger partial charge in [0.1, 0.15) is 5.82 Å². The van der Waals surface area contributed by atoms with Gasteiger partial charge in [-0.2, -0.15) is 0 Å². The Morgan fingerprint density at radius 2 is 2.33 bits per heavy atom. The van der Waals surface area contributed by atoms with Gasteiger partial charge in [-0.1, -0.05) is 0 Å². The first-order chi connectivity index (χ1) is 7.16. The summed E-state index contributed by atoms with van der Waals surface area (Å²) in [4.78, 5) is 10.7. The SMILES string of the molecule is O=C1COC(c2ccc(Br)c(F)c2)=NN1. The molecule has 1 aliphatic rings. The number of benzene rings is 1. The first kappa shape index (κ1) is 10.1. The summed E-state index contributed by atoms with van der Waals surface area (Å²) in [5, 5.41) is 3.66. The first-order valence-electron chi connectivity index (χ1n) is 4.11. The molecule has 1 amide bonds. The van der Waals surface area contributed by atoms with Crippen molar-refractivity contribution in [1.29, 1.82) is 0 Å². The van der Waals surface area contributed by atoms with Crippen LogP contribution in [0.5, 0.6) is 0 Å². The standard InChI is InChI=1S/C9H6BrFN2O2/c10-6-2-1-5(3-7(6)11)9-13-12-8(14)4-15-9/h1-3H,4H2,(H,12,14). The number of hydrogen-bond donors (Lipinski definition) is 1. The van der Waals surface area contributed by atoms with E-state index in [1.54, 1.807) is 12.1 Å². The maximum Gasteiger partial charge on any atom is 0.278 e. The Balaban J connectivity index is 2.30. The first-order valence-corrected chi connectivity index (χ1v) is 4.91. The van der Waals surface area contributed by atoms with E-state index >= 15 is 0 Å². The Kier molecular flexibility index (Phi) is 2.68. The van der Waals surface area contributed by atoms with Crippen molar-refractivity contribution in [3.63, 3.8) is 0 Å². The number of carbonyl (C=O) groups is 1. The van der Waals surface area contributed by atoms with Crippen LogP contribution in [-0.2, 0) is 9.53 Å². The van der Waals surface area contributed by atoms with E-state index in [1.165, 1.54) is 6.07 Å². The molecule has 0 fully saturated rings. The summed E-state index contributed by atoms with van der Waals surface area (Å²) in [7, 11) is 0. The zero-order chi connectivity index (χ0) is 10.8. The fourth-order valence-corrected chi connectivity index (χ4v) is 1.34. The Morgan fingerprint density at radius 1 is 1.53 bits per heavy atom. The van der Waals surface area contributed by atoms with Crippen molar-refractivity contribution in [3.8, 4) is 0 Å². The summed E-state index contributed by atoms with van der Waals surface area (Å²) in [6, 6.07) is 4.47. The van der Waals surface area contributed by atoms with Crippen LogP contribution in [0, 0.1) is 5.82 Å². The zero-order valence-electron chi connectivity index (χ0n) is 7.46. The second-order valence-corrected chi connectivity index (χ2v) is 3.72. The number of ether oxygens (including phenoxy) is 1. The Hall–Kier alpha value is -1.43. The molecule has 0 spiro atoms. The van der Waals surface area contributed by atoms with Gasteiger partial charge < -0.3 is 4.74 Å². The number of nitrogens with one attached hydrogen (secondary N) is 1. The molecule has 0 atom stereocenters. The molecule has 1 N–H and O–H groups in total. The van der Waals surface area contributed by atoms with Gasteiger partial charge in [-0.25, -0.2) is 9.82 Å². The monoisotopic (exact) mass is 272 g/mol. The van der Waals surface area contributed by atoms with E-state index in [9.17, 15) is 9.18 Å². The minimum Gasteiger partial charge on any atom is -0.466 e. The molecule has 0 aromatic heterocycles. The molecule has 0 radical (unpaired) electrons. The molecular formula is C9H6BrFN2O2. The highest BCUT2D eigenvalue weighted by Gasteiger charge is 2.15. The molecule has 1 aromatic rings. The Morgan fingerprint density at radius 3 is 2.93 bits per heavy atom. The van der Waals surface area contributed by atoms with Crippen LogP contribution in [0.2, 0.25) is 0 Å². The minimum atomic E-state index is -0.407. The number of rotatable bonds is 1. The van der Waals surface area contributed by atoms with Crippen LogP contribution in [0.1, 0.15) is 5.56 Å². The van der Waals surface area contributed by atoms with Crippen LogP contribution in [0.3, 0.4) is 0 Å². The summed E-state index contributed by atoms with van der Waals surface area (Å²) in [5.74, 6) is -0.520. The summed E-state index contributed by atoms with van der Waals surface area (Å²) in [6.07, 6.45) is 0. The summed E-state index contributed by atoms with van der Waals surface area (Å²) >= 11 is 3.04. The third-order valence-corrected chi connectivity index (χ3v) is 2.43. The van der Waals surface area contributed by atoms with Crippen LogP contribution >= 0.6 is 15.9 Å². The van der Waals surface area contributed by atoms with Gasteiger partial charge >= 0.3 is 0 Å². The van der Waals surface area contributed by atoms with E-state index in [0.29, 0.717) is 10.0 Å². The van der Waals surface area contributed by atoms with Gasteiger partial charge in [0, 0.05) is 5.56 Å². The second-order valence-electron chi connectivity index (χ2n) is 2.87. The zero-order valence-corrected chi connectivity index (χ0v) is 9.04. The van der Waals surface area contributed by atoms with Gasteiger partial charge in [0.15, 0.2) is 6.61 Å². The van der Waals surface area contributed by atoms with Crippen molar-refractivity contribution < 1.29 is 13.9 Å². The maximum absolute atomic E-state index is 13.2. The van der Waals surface area contributed by atoms with Gasteiger partial charge in [0.2, 0.25) is 5.90 Å². The fourth-order valence-electron chi connectivity index (χ4n) is 1.09. The predicted octanol–water partition coefficient (Wildman–Crippen LogP) is 1.40. The van der Waals surface area contributed by atoms with Gasteiger partial charge in [0.05, 0.1) is 4.47 Å². The third kappa shape index (κ3) is 2.15. The molecule has 1 aliphatic heterocycles. The Labute approximate surface area is 93.2 Å². The van der Waals surface area contributed by atoms with Crippen LogP contribution < -0.4 is 5.43 Å². The lowest BCUT2D eigenvalue weighted by atomic mass is 10.2. The summed E-state index contributed by atoms with van der Waals surface area (Å²) < 4.78 is 18.6. The van der Waals surface area contributed by atoms with E-state index in [0.717, 1.165) is 0 Å². The number of halogens is 2. The normalized spacial score (nSPS) is 15.3. The average molecular weight is 273 g/mol. The molecule has 78 valence electrons. The molecule has 1 heterocycles. The van der Waals surface area contributed by atoms with E-state index in [-0.39, 0.29) is 18.4 Å². The highest BCUT2D eigenvalue weighted by Crippen LogP contribution is 2.17. The van der Waals surface area contributed by atoms with Crippen LogP contribution in [0.15, 0.2) is 27.8 Å². The van der Waals surface area contributed by atoms with Crippen LogP contribution in [0.4, 0.5) is 4.39 Å². The van der Waals surface area contributed by atoms with Crippen molar-refractivity contribution in [3.05, 3.63) is 34.1 Å². The molecular weight excluding hydrogens is 267 g/mol.